The van der Waals surface area contributed by atoms with Gasteiger partial charge < -0.3 is 20.3 Å². The summed E-state index contributed by atoms with van der Waals surface area (Å²) in [5.74, 6) is -1.93. The highest BCUT2D eigenvalue weighted by Gasteiger charge is 2.25. The molecule has 8 heteroatoms. The average Bonchev–Trinajstić information content (AvgIpc) is 2.41. The maximum atomic E-state index is 11.5. The summed E-state index contributed by atoms with van der Waals surface area (Å²) in [6, 6.07) is 0. The van der Waals surface area contributed by atoms with Crippen LogP contribution >= 0.6 is 0 Å². The fourth-order valence-electron chi connectivity index (χ4n) is 1.78. The highest BCUT2D eigenvalue weighted by atomic mass is 16.8. The second-order valence-corrected chi connectivity index (χ2v) is 4.12. The van der Waals surface area contributed by atoms with Gasteiger partial charge in [0.05, 0.1) is 0 Å². The number of piperazine rings is 2. The maximum absolute atomic E-state index is 11.5. The molecule has 2 rings (SSSR count). The molecule has 0 aromatic heterocycles. The monoisotopic (exact) mass is 258 g/mol. The summed E-state index contributed by atoms with van der Waals surface area (Å²) in [6.07, 6.45) is 0. The quantitative estimate of drug-likeness (QED) is 0.536. The Balaban J connectivity index is 1.71. The molecule has 2 aliphatic heterocycles. The minimum absolute atomic E-state index is 0.576. The number of hydrogen-bond acceptors (Lipinski definition) is 8. The Bertz CT molecular complexity index is 270. The lowest BCUT2D eigenvalue weighted by Gasteiger charge is -2.27. The fraction of sp³-hybridized carbons (Fsp3) is 0.800. The van der Waals surface area contributed by atoms with Crippen molar-refractivity contribution in [2.45, 2.75) is 0 Å². The largest absolute Gasteiger partial charge is 0.438 e. The first-order chi connectivity index (χ1) is 8.75. The van der Waals surface area contributed by atoms with Crippen LogP contribution in [-0.2, 0) is 19.3 Å². The lowest BCUT2D eigenvalue weighted by molar-refractivity contribution is -0.220. The predicted molar refractivity (Wildman–Crippen MR) is 61.1 cm³/mol. The van der Waals surface area contributed by atoms with E-state index in [4.69, 9.17) is 9.68 Å². The van der Waals surface area contributed by atoms with Crippen LogP contribution in [0.4, 0.5) is 0 Å². The molecule has 0 amide bonds. The van der Waals surface area contributed by atoms with Crippen LogP contribution < -0.4 is 10.6 Å². The standard InChI is InChI=1S/C10H18N4O4/c15-9(17-13-5-1-11-2-6-13)10(16)18-14-7-3-12-4-8-14/h11-12H,1-8H2. The van der Waals surface area contributed by atoms with Crippen LogP contribution in [0.25, 0.3) is 0 Å². The van der Waals surface area contributed by atoms with Crippen LogP contribution in [0.2, 0.25) is 0 Å². The van der Waals surface area contributed by atoms with E-state index in [1.165, 1.54) is 10.1 Å². The Kier molecular flexibility index (Phi) is 4.88. The van der Waals surface area contributed by atoms with Crippen LogP contribution in [0.3, 0.4) is 0 Å². The van der Waals surface area contributed by atoms with E-state index < -0.39 is 11.9 Å². The molecule has 0 radical (unpaired) electrons. The lowest BCUT2D eigenvalue weighted by atomic mass is 10.4. The summed E-state index contributed by atoms with van der Waals surface area (Å²) in [4.78, 5) is 32.8. The van der Waals surface area contributed by atoms with Crippen molar-refractivity contribution in [1.82, 2.24) is 20.8 Å². The van der Waals surface area contributed by atoms with Gasteiger partial charge >= 0.3 is 11.9 Å². The molecule has 0 aromatic carbocycles. The molecule has 8 nitrogen and oxygen atoms in total. The van der Waals surface area contributed by atoms with E-state index in [0.717, 1.165) is 26.2 Å². The van der Waals surface area contributed by atoms with Crippen molar-refractivity contribution in [1.29, 1.82) is 0 Å². The van der Waals surface area contributed by atoms with Crippen LogP contribution in [0.1, 0.15) is 0 Å². The summed E-state index contributed by atoms with van der Waals surface area (Å²) in [7, 11) is 0. The average molecular weight is 258 g/mol. The van der Waals surface area contributed by atoms with Gasteiger partial charge in [-0.15, -0.1) is 10.1 Å². The maximum Gasteiger partial charge on any atom is 0.438 e. The van der Waals surface area contributed by atoms with Crippen molar-refractivity contribution >= 4 is 11.9 Å². The van der Waals surface area contributed by atoms with Gasteiger partial charge in [-0.3, -0.25) is 0 Å². The van der Waals surface area contributed by atoms with Crippen LogP contribution in [0, 0.1) is 0 Å². The normalized spacial score (nSPS) is 22.4. The van der Waals surface area contributed by atoms with Gasteiger partial charge in [0, 0.05) is 52.4 Å². The molecule has 0 atom stereocenters. The van der Waals surface area contributed by atoms with Gasteiger partial charge in [0.15, 0.2) is 0 Å². The minimum Gasteiger partial charge on any atom is -0.359 e. The predicted octanol–water partition coefficient (Wildman–Crippen LogP) is -2.29. The molecule has 2 N–H and O–H groups in total. The molecule has 2 aliphatic rings. The van der Waals surface area contributed by atoms with Crippen molar-refractivity contribution in [3.8, 4) is 0 Å². The third kappa shape index (κ3) is 3.91. The Labute approximate surface area is 105 Å². The smallest absolute Gasteiger partial charge is 0.359 e. The van der Waals surface area contributed by atoms with E-state index in [-0.39, 0.29) is 0 Å². The highest BCUT2D eigenvalue weighted by molar-refractivity contribution is 6.29. The molecule has 102 valence electrons. The van der Waals surface area contributed by atoms with Crippen molar-refractivity contribution in [2.75, 3.05) is 52.4 Å². The summed E-state index contributed by atoms with van der Waals surface area (Å²) in [5.41, 5.74) is 0. The molecule has 0 bridgehead atoms. The molecule has 0 aliphatic carbocycles. The minimum atomic E-state index is -0.963. The molecular formula is C10H18N4O4. The summed E-state index contributed by atoms with van der Waals surface area (Å²) < 4.78 is 0. The molecule has 0 unspecified atom stereocenters. The topological polar surface area (TPSA) is 83.1 Å². The number of hydrogen-bond donors (Lipinski definition) is 2. The Morgan fingerprint density at radius 2 is 1.06 bits per heavy atom. The summed E-state index contributed by atoms with van der Waals surface area (Å²) >= 11 is 0. The zero-order chi connectivity index (χ0) is 12.8. The van der Waals surface area contributed by atoms with E-state index in [0.29, 0.717) is 26.2 Å². The third-order valence-electron chi connectivity index (χ3n) is 2.74. The van der Waals surface area contributed by atoms with Crippen LogP contribution in [0.5, 0.6) is 0 Å². The van der Waals surface area contributed by atoms with Gasteiger partial charge in [0.1, 0.15) is 0 Å². The van der Waals surface area contributed by atoms with Gasteiger partial charge in [0.2, 0.25) is 0 Å². The van der Waals surface area contributed by atoms with Gasteiger partial charge in [0.25, 0.3) is 0 Å². The molecule has 0 aromatic rings. The van der Waals surface area contributed by atoms with E-state index in [1.54, 1.807) is 0 Å². The van der Waals surface area contributed by atoms with E-state index in [1.807, 2.05) is 0 Å². The zero-order valence-electron chi connectivity index (χ0n) is 10.2. The molecular weight excluding hydrogens is 240 g/mol. The molecule has 2 heterocycles. The first-order valence-corrected chi connectivity index (χ1v) is 6.11. The number of carbonyl (C=O) groups is 2. The summed E-state index contributed by atoms with van der Waals surface area (Å²) in [6.45, 7) is 5.25. The lowest BCUT2D eigenvalue weighted by Crippen LogP contribution is -2.47. The third-order valence-corrected chi connectivity index (χ3v) is 2.74. The van der Waals surface area contributed by atoms with E-state index in [9.17, 15) is 9.59 Å². The Morgan fingerprint density at radius 3 is 1.39 bits per heavy atom. The van der Waals surface area contributed by atoms with Gasteiger partial charge in [-0.1, -0.05) is 0 Å². The SMILES string of the molecule is O=C(ON1CCNCC1)C(=O)ON1CCNCC1. The van der Waals surface area contributed by atoms with Crippen molar-refractivity contribution in [2.24, 2.45) is 0 Å². The Hall–Kier alpha value is -1.22. The number of nitrogens with one attached hydrogen (secondary N) is 2. The molecule has 0 spiro atoms. The van der Waals surface area contributed by atoms with Crippen molar-refractivity contribution in [3.05, 3.63) is 0 Å². The number of nitrogens with zero attached hydrogens (tertiary/aromatic N) is 2. The van der Waals surface area contributed by atoms with Crippen LogP contribution in [0.15, 0.2) is 0 Å². The van der Waals surface area contributed by atoms with E-state index in [2.05, 4.69) is 10.6 Å². The highest BCUT2D eigenvalue weighted by Crippen LogP contribution is 1.99. The number of hydroxylamine groups is 4. The molecule has 0 saturated carbocycles. The first-order valence-electron chi connectivity index (χ1n) is 6.11. The fourth-order valence-corrected chi connectivity index (χ4v) is 1.78. The number of carbonyl (C=O) groups excluding carboxylic acids is 2. The first kappa shape index (κ1) is 13.2. The second-order valence-electron chi connectivity index (χ2n) is 4.12. The van der Waals surface area contributed by atoms with Gasteiger partial charge in [-0.2, -0.15) is 0 Å². The zero-order valence-corrected chi connectivity index (χ0v) is 10.2. The Morgan fingerprint density at radius 1 is 0.722 bits per heavy atom. The molecule has 18 heavy (non-hydrogen) atoms. The van der Waals surface area contributed by atoms with E-state index >= 15 is 0 Å². The molecule has 2 fully saturated rings. The van der Waals surface area contributed by atoms with Crippen molar-refractivity contribution in [3.63, 3.8) is 0 Å². The number of rotatable bonds is 2. The second kappa shape index (κ2) is 6.64. The van der Waals surface area contributed by atoms with Crippen LogP contribution in [-0.4, -0.2) is 74.4 Å². The van der Waals surface area contributed by atoms with Crippen molar-refractivity contribution < 1.29 is 19.3 Å². The van der Waals surface area contributed by atoms with Gasteiger partial charge in [-0.25, -0.2) is 9.59 Å². The van der Waals surface area contributed by atoms with Gasteiger partial charge in [-0.05, 0) is 0 Å². The summed E-state index contributed by atoms with van der Waals surface area (Å²) in [5, 5.41) is 9.18. The molecule has 2 saturated heterocycles.